The van der Waals surface area contributed by atoms with Crippen LogP contribution in [0.5, 0.6) is 0 Å². The van der Waals surface area contributed by atoms with Crippen LogP contribution in [0.2, 0.25) is 0 Å². The Labute approximate surface area is 92.3 Å². The summed E-state index contributed by atoms with van der Waals surface area (Å²) < 4.78 is 10.7. The van der Waals surface area contributed by atoms with Crippen molar-refractivity contribution >= 4 is 0 Å². The zero-order valence-corrected chi connectivity index (χ0v) is 10.0. The lowest BCUT2D eigenvalue weighted by Gasteiger charge is -2.19. The van der Waals surface area contributed by atoms with Crippen molar-refractivity contribution in [2.45, 2.75) is 27.7 Å². The summed E-state index contributed by atoms with van der Waals surface area (Å²) in [6.45, 7) is 9.19. The molecule has 0 aromatic rings. The molecule has 3 heteroatoms. The summed E-state index contributed by atoms with van der Waals surface area (Å²) in [6, 6.07) is 0. The van der Waals surface area contributed by atoms with Crippen molar-refractivity contribution in [2.75, 3.05) is 13.2 Å². The molecule has 15 heavy (non-hydrogen) atoms. The first-order chi connectivity index (χ1) is 7.24. The zero-order chi connectivity index (χ0) is 11.7. The van der Waals surface area contributed by atoms with Gasteiger partial charge in [-0.25, -0.2) is 0 Å². The van der Waals surface area contributed by atoms with Crippen LogP contribution in [0.15, 0.2) is 35.4 Å². The molecule has 1 aliphatic heterocycles. The first-order valence-corrected chi connectivity index (χ1v) is 5.27. The molecule has 0 radical (unpaired) electrons. The third kappa shape index (κ3) is 5.15. The van der Waals surface area contributed by atoms with Gasteiger partial charge in [0.1, 0.15) is 13.2 Å². The maximum absolute atomic E-state index is 5.38. The van der Waals surface area contributed by atoms with E-state index in [9.17, 15) is 0 Å². The molecule has 0 unspecified atom stereocenters. The highest BCUT2D eigenvalue weighted by Gasteiger charge is 2.12. The Morgan fingerprint density at radius 2 is 1.67 bits per heavy atom. The number of ether oxygens (including phenoxy) is 2. The van der Waals surface area contributed by atoms with E-state index >= 15 is 0 Å². The van der Waals surface area contributed by atoms with E-state index in [-0.39, 0.29) is 0 Å². The minimum atomic E-state index is 0.565. The second-order valence-electron chi connectivity index (χ2n) is 3.00. The molecular weight excluding hydrogens is 190 g/mol. The topological polar surface area (TPSA) is 44.5 Å². The molecule has 0 aromatic carbocycles. The van der Waals surface area contributed by atoms with Gasteiger partial charge in [-0.2, -0.15) is 0 Å². The fraction of sp³-hybridized carbons (Fsp3) is 0.500. The molecule has 0 aliphatic carbocycles. The van der Waals surface area contributed by atoms with Crippen molar-refractivity contribution in [1.82, 2.24) is 0 Å². The van der Waals surface area contributed by atoms with Crippen LogP contribution in [0, 0.1) is 0 Å². The van der Waals surface area contributed by atoms with Gasteiger partial charge in [0.2, 0.25) is 0 Å². The van der Waals surface area contributed by atoms with Crippen molar-refractivity contribution < 1.29 is 9.47 Å². The predicted molar refractivity (Wildman–Crippen MR) is 63.0 cm³/mol. The number of nitrogens with two attached hydrogens (primary N) is 1. The molecular formula is C12H21NO2. The van der Waals surface area contributed by atoms with Crippen molar-refractivity contribution in [2.24, 2.45) is 5.73 Å². The summed E-state index contributed by atoms with van der Waals surface area (Å²) in [7, 11) is 0. The molecule has 2 N–H and O–H groups in total. The van der Waals surface area contributed by atoms with E-state index in [2.05, 4.69) is 0 Å². The van der Waals surface area contributed by atoms with Crippen molar-refractivity contribution in [3.05, 3.63) is 35.4 Å². The molecule has 1 heterocycles. The van der Waals surface area contributed by atoms with Crippen molar-refractivity contribution in [1.29, 1.82) is 0 Å². The van der Waals surface area contributed by atoms with Crippen molar-refractivity contribution in [3.63, 3.8) is 0 Å². The fourth-order valence-corrected chi connectivity index (χ4v) is 0.948. The third-order valence-corrected chi connectivity index (χ3v) is 1.56. The average molecular weight is 211 g/mol. The summed E-state index contributed by atoms with van der Waals surface area (Å²) in [5, 5.41) is 0. The first kappa shape index (κ1) is 13.6. The molecule has 0 spiro atoms. The predicted octanol–water partition coefficient (Wildman–Crippen LogP) is 2.71. The smallest absolute Gasteiger partial charge is 0.176 e. The van der Waals surface area contributed by atoms with Crippen LogP contribution in [0.25, 0.3) is 0 Å². The van der Waals surface area contributed by atoms with Gasteiger partial charge in [-0.15, -0.1) is 0 Å². The van der Waals surface area contributed by atoms with Gasteiger partial charge in [0.25, 0.3) is 0 Å². The summed E-state index contributed by atoms with van der Waals surface area (Å²) in [5.41, 5.74) is 6.58. The summed E-state index contributed by atoms with van der Waals surface area (Å²) in [5.74, 6) is 1.32. The summed E-state index contributed by atoms with van der Waals surface area (Å²) >= 11 is 0. The Morgan fingerprint density at radius 1 is 1.13 bits per heavy atom. The highest BCUT2D eigenvalue weighted by molar-refractivity contribution is 5.26. The standard InChI is InChI=1S/C10H15NO2.C2H6/c1-8(2)3-4-9-10(7-11)13-6-5-12-9;1-2/h3-4,7H,5-6,11H2,1-2H3;1-2H3/b9-4+,10-7+;. The van der Waals surface area contributed by atoms with Crippen LogP contribution in [0.4, 0.5) is 0 Å². The number of rotatable bonds is 1. The molecule has 1 aliphatic rings. The molecule has 0 saturated carbocycles. The Bertz CT molecular complexity index is 261. The molecule has 1 fully saturated rings. The Hall–Kier alpha value is -1.38. The highest BCUT2D eigenvalue weighted by Crippen LogP contribution is 2.17. The van der Waals surface area contributed by atoms with E-state index in [1.807, 2.05) is 39.8 Å². The maximum atomic E-state index is 5.38. The molecule has 0 aromatic heterocycles. The van der Waals surface area contributed by atoms with Crippen molar-refractivity contribution in [3.8, 4) is 0 Å². The van der Waals surface area contributed by atoms with Crippen LogP contribution < -0.4 is 5.73 Å². The Morgan fingerprint density at radius 3 is 2.13 bits per heavy atom. The van der Waals surface area contributed by atoms with Crippen LogP contribution in [-0.2, 0) is 9.47 Å². The molecule has 3 nitrogen and oxygen atoms in total. The molecule has 0 bridgehead atoms. The normalized spacial score (nSPS) is 19.7. The zero-order valence-electron chi connectivity index (χ0n) is 10.0. The largest absolute Gasteiger partial charge is 0.486 e. The van der Waals surface area contributed by atoms with E-state index < -0.39 is 0 Å². The average Bonchev–Trinajstić information content (AvgIpc) is 2.29. The number of hydrogen-bond acceptors (Lipinski definition) is 3. The first-order valence-electron chi connectivity index (χ1n) is 5.27. The second kappa shape index (κ2) is 7.97. The van der Waals surface area contributed by atoms with Gasteiger partial charge in [-0.1, -0.05) is 25.5 Å². The summed E-state index contributed by atoms with van der Waals surface area (Å²) in [6.07, 6.45) is 5.25. The van der Waals surface area contributed by atoms with Gasteiger partial charge in [0, 0.05) is 6.20 Å². The van der Waals surface area contributed by atoms with Gasteiger partial charge < -0.3 is 15.2 Å². The summed E-state index contributed by atoms with van der Waals surface area (Å²) in [4.78, 5) is 0. The molecule has 0 atom stereocenters. The lowest BCUT2D eigenvalue weighted by Crippen LogP contribution is -2.14. The SMILES string of the molecule is CC.CC(C)=C/C=C1/OCCO/C1=C/N. The molecule has 86 valence electrons. The second-order valence-corrected chi connectivity index (χ2v) is 3.00. The molecule has 1 rings (SSSR count). The van der Waals surface area contributed by atoms with Gasteiger partial charge in [0.15, 0.2) is 11.5 Å². The lowest BCUT2D eigenvalue weighted by atomic mass is 10.3. The van der Waals surface area contributed by atoms with E-state index in [1.165, 1.54) is 11.8 Å². The Balaban J connectivity index is 0.000000921. The fourth-order valence-electron chi connectivity index (χ4n) is 0.948. The van der Waals surface area contributed by atoms with Gasteiger partial charge in [0.05, 0.1) is 0 Å². The highest BCUT2D eigenvalue weighted by atomic mass is 16.6. The van der Waals surface area contributed by atoms with Gasteiger partial charge >= 0.3 is 0 Å². The van der Waals surface area contributed by atoms with E-state index in [4.69, 9.17) is 15.2 Å². The van der Waals surface area contributed by atoms with Crippen LogP contribution in [-0.4, -0.2) is 13.2 Å². The minimum Gasteiger partial charge on any atom is -0.486 e. The maximum Gasteiger partial charge on any atom is 0.176 e. The number of allylic oxidation sites excluding steroid dienone is 3. The Kier molecular flexibility index (Phi) is 7.24. The number of hydrogen-bond donors (Lipinski definition) is 1. The van der Waals surface area contributed by atoms with Crippen LogP contribution in [0.3, 0.4) is 0 Å². The molecule has 1 saturated heterocycles. The molecule has 0 amide bonds. The minimum absolute atomic E-state index is 0.565. The van der Waals surface area contributed by atoms with Crippen LogP contribution in [0.1, 0.15) is 27.7 Å². The monoisotopic (exact) mass is 211 g/mol. The van der Waals surface area contributed by atoms with E-state index in [0.29, 0.717) is 24.7 Å². The lowest BCUT2D eigenvalue weighted by molar-refractivity contribution is 0.0592. The quantitative estimate of drug-likeness (QED) is 0.725. The third-order valence-electron chi connectivity index (χ3n) is 1.56. The van der Waals surface area contributed by atoms with Gasteiger partial charge in [-0.3, -0.25) is 0 Å². The van der Waals surface area contributed by atoms with Crippen LogP contribution >= 0.6 is 0 Å². The van der Waals surface area contributed by atoms with E-state index in [1.54, 1.807) is 0 Å². The van der Waals surface area contributed by atoms with E-state index in [0.717, 1.165) is 0 Å². The van der Waals surface area contributed by atoms with Gasteiger partial charge in [-0.05, 0) is 19.9 Å².